The molecule has 2 aromatic heterocycles. The van der Waals surface area contributed by atoms with E-state index in [1.165, 1.54) is 0 Å². The highest BCUT2D eigenvalue weighted by Crippen LogP contribution is 2.30. The number of benzene rings is 1. The van der Waals surface area contributed by atoms with Crippen LogP contribution in [0.5, 0.6) is 5.75 Å². The van der Waals surface area contributed by atoms with E-state index in [4.69, 9.17) is 27.9 Å². The smallest absolute Gasteiger partial charge is 0.244 e. The summed E-state index contributed by atoms with van der Waals surface area (Å²) in [5, 5.41) is 19.1. The first-order chi connectivity index (χ1) is 14.5. The number of amides is 1. The van der Waals surface area contributed by atoms with Crippen molar-refractivity contribution in [2.75, 3.05) is 38.2 Å². The van der Waals surface area contributed by atoms with Crippen LogP contribution in [0.1, 0.15) is 5.69 Å². The van der Waals surface area contributed by atoms with Gasteiger partial charge in [0.2, 0.25) is 11.7 Å². The lowest BCUT2D eigenvalue weighted by Gasteiger charge is -2.36. The Hall–Kier alpha value is -2.85. The molecule has 158 valence electrons. The monoisotopic (exact) mass is 450 g/mol. The maximum Gasteiger partial charge on any atom is 0.244 e. The lowest BCUT2D eigenvalue weighted by atomic mass is 10.2. The summed E-state index contributed by atoms with van der Waals surface area (Å²) in [4.78, 5) is 16.9. The molecule has 4 rings (SSSR count). The van der Waals surface area contributed by atoms with Gasteiger partial charge in [-0.05, 0) is 24.3 Å². The van der Waals surface area contributed by atoms with E-state index in [-0.39, 0.29) is 12.5 Å². The topological polar surface area (TPSA) is 105 Å². The molecule has 1 aliphatic rings. The molecule has 3 aromatic rings. The van der Waals surface area contributed by atoms with Crippen LogP contribution < -0.4 is 9.64 Å². The predicted molar refractivity (Wildman–Crippen MR) is 112 cm³/mol. The summed E-state index contributed by atoms with van der Waals surface area (Å²) in [6.07, 6.45) is 0. The highest BCUT2D eigenvalue weighted by molar-refractivity contribution is 6.33. The SMILES string of the molecule is COc1cc(N2CCN(C(=O)Cn3nc(-c4nn[nH]n4)c(Cl)c3C)CC2)ccc1Cl. The number of hydrogen-bond donors (Lipinski definition) is 1. The van der Waals surface area contributed by atoms with Gasteiger partial charge < -0.3 is 14.5 Å². The number of halogens is 2. The summed E-state index contributed by atoms with van der Waals surface area (Å²) in [6.45, 7) is 4.54. The zero-order chi connectivity index (χ0) is 21.3. The Morgan fingerprint density at radius 1 is 1.23 bits per heavy atom. The predicted octanol–water partition coefficient (Wildman–Crippen LogP) is 2.04. The van der Waals surface area contributed by atoms with E-state index in [1.807, 2.05) is 23.1 Å². The van der Waals surface area contributed by atoms with Gasteiger partial charge in [-0.2, -0.15) is 10.3 Å². The lowest BCUT2D eigenvalue weighted by molar-refractivity contribution is -0.132. The number of ether oxygens (including phenoxy) is 1. The molecule has 1 amide bonds. The van der Waals surface area contributed by atoms with Crippen molar-refractivity contribution in [3.63, 3.8) is 0 Å². The normalized spacial score (nSPS) is 14.3. The van der Waals surface area contributed by atoms with E-state index < -0.39 is 0 Å². The van der Waals surface area contributed by atoms with Crippen LogP contribution >= 0.6 is 23.2 Å². The highest BCUT2D eigenvalue weighted by Gasteiger charge is 2.24. The third kappa shape index (κ3) is 3.92. The molecule has 1 N–H and O–H groups in total. The second-order valence-electron chi connectivity index (χ2n) is 6.83. The number of carbonyl (C=O) groups excluding carboxylic acids is 1. The van der Waals surface area contributed by atoms with Gasteiger partial charge in [0, 0.05) is 37.9 Å². The summed E-state index contributed by atoms with van der Waals surface area (Å²) in [6, 6.07) is 5.68. The van der Waals surface area contributed by atoms with Crippen molar-refractivity contribution < 1.29 is 9.53 Å². The number of piperazine rings is 1. The molecule has 1 saturated heterocycles. The second-order valence-corrected chi connectivity index (χ2v) is 7.61. The van der Waals surface area contributed by atoms with Gasteiger partial charge in [-0.3, -0.25) is 9.48 Å². The molecule has 1 aromatic carbocycles. The molecular formula is C18H20Cl2N8O2. The van der Waals surface area contributed by atoms with Crippen LogP contribution in [0.4, 0.5) is 5.69 Å². The largest absolute Gasteiger partial charge is 0.495 e. The van der Waals surface area contributed by atoms with E-state index in [0.29, 0.717) is 59.2 Å². The Kier molecular flexibility index (Phi) is 5.78. The number of hydrogen-bond acceptors (Lipinski definition) is 7. The number of methoxy groups -OCH3 is 1. The van der Waals surface area contributed by atoms with E-state index in [0.717, 1.165) is 5.69 Å². The van der Waals surface area contributed by atoms with Crippen molar-refractivity contribution in [2.24, 2.45) is 0 Å². The number of nitrogens with zero attached hydrogens (tertiary/aromatic N) is 7. The van der Waals surface area contributed by atoms with Gasteiger partial charge >= 0.3 is 0 Å². The molecule has 0 unspecified atom stereocenters. The quantitative estimate of drug-likeness (QED) is 0.633. The minimum Gasteiger partial charge on any atom is -0.495 e. The molecule has 12 heteroatoms. The van der Waals surface area contributed by atoms with Crippen molar-refractivity contribution in [1.82, 2.24) is 35.3 Å². The molecule has 0 atom stereocenters. The van der Waals surface area contributed by atoms with Crippen molar-refractivity contribution in [3.05, 3.63) is 33.9 Å². The van der Waals surface area contributed by atoms with Gasteiger partial charge in [0.05, 0.1) is 22.8 Å². The van der Waals surface area contributed by atoms with E-state index in [2.05, 4.69) is 30.6 Å². The highest BCUT2D eigenvalue weighted by atomic mass is 35.5. The minimum absolute atomic E-state index is 0.0229. The molecule has 1 aliphatic heterocycles. The first kappa shape index (κ1) is 20.4. The fraction of sp³-hybridized carbons (Fsp3) is 0.389. The van der Waals surface area contributed by atoms with Crippen molar-refractivity contribution in [3.8, 4) is 17.3 Å². The summed E-state index contributed by atoms with van der Waals surface area (Å²) in [5.74, 6) is 0.905. The molecule has 0 aliphatic carbocycles. The van der Waals surface area contributed by atoms with Crippen LogP contribution in [0.25, 0.3) is 11.5 Å². The van der Waals surface area contributed by atoms with Crippen LogP contribution in [0.15, 0.2) is 18.2 Å². The molecule has 0 spiro atoms. The maximum atomic E-state index is 12.8. The average molecular weight is 451 g/mol. The number of anilines is 1. The van der Waals surface area contributed by atoms with Gasteiger partial charge in [-0.15, -0.1) is 10.2 Å². The van der Waals surface area contributed by atoms with Gasteiger partial charge in [-0.1, -0.05) is 23.2 Å². The zero-order valence-corrected chi connectivity index (χ0v) is 18.0. The van der Waals surface area contributed by atoms with Gasteiger partial charge in [0.15, 0.2) is 5.69 Å². The van der Waals surface area contributed by atoms with Crippen molar-refractivity contribution in [1.29, 1.82) is 0 Å². The summed E-state index contributed by atoms with van der Waals surface area (Å²) in [7, 11) is 1.59. The molecule has 30 heavy (non-hydrogen) atoms. The summed E-state index contributed by atoms with van der Waals surface area (Å²) >= 11 is 12.4. The lowest BCUT2D eigenvalue weighted by Crippen LogP contribution is -2.49. The van der Waals surface area contributed by atoms with E-state index in [9.17, 15) is 4.79 Å². The number of carbonyl (C=O) groups is 1. The summed E-state index contributed by atoms with van der Waals surface area (Å²) < 4.78 is 6.87. The zero-order valence-electron chi connectivity index (χ0n) is 16.5. The maximum absolute atomic E-state index is 12.8. The van der Waals surface area contributed by atoms with Gasteiger partial charge in [0.25, 0.3) is 0 Å². The van der Waals surface area contributed by atoms with Crippen LogP contribution in [-0.2, 0) is 11.3 Å². The molecular weight excluding hydrogens is 431 g/mol. The van der Waals surface area contributed by atoms with Crippen LogP contribution in [0.3, 0.4) is 0 Å². The first-order valence-corrected chi connectivity index (χ1v) is 10.1. The fourth-order valence-corrected chi connectivity index (χ4v) is 3.79. The Morgan fingerprint density at radius 2 is 2.00 bits per heavy atom. The minimum atomic E-state index is -0.0229. The summed E-state index contributed by atoms with van der Waals surface area (Å²) in [5.41, 5.74) is 2.09. The van der Waals surface area contributed by atoms with Gasteiger partial charge in [0.1, 0.15) is 12.3 Å². The van der Waals surface area contributed by atoms with Crippen molar-refractivity contribution in [2.45, 2.75) is 13.5 Å². The van der Waals surface area contributed by atoms with Gasteiger partial charge in [-0.25, -0.2) is 0 Å². The molecule has 3 heterocycles. The standard InChI is InChI=1S/C18H20Cl2N8O2/c1-11-16(20)17(18-21-24-25-22-18)23-28(11)10-15(29)27-7-5-26(6-8-27)12-3-4-13(19)14(9-12)30-2/h3-4,9H,5-8,10H2,1-2H3,(H,21,22,24,25). The average Bonchev–Trinajstić information content (AvgIpc) is 3.38. The third-order valence-electron chi connectivity index (χ3n) is 5.11. The van der Waals surface area contributed by atoms with E-state index in [1.54, 1.807) is 18.7 Å². The number of H-pyrrole nitrogens is 1. The molecule has 10 nitrogen and oxygen atoms in total. The number of aromatic amines is 1. The second kappa shape index (κ2) is 8.49. The molecule has 0 radical (unpaired) electrons. The van der Waals surface area contributed by atoms with E-state index >= 15 is 0 Å². The Balaban J connectivity index is 1.40. The van der Waals surface area contributed by atoms with Crippen LogP contribution in [0.2, 0.25) is 10.0 Å². The van der Waals surface area contributed by atoms with Crippen LogP contribution in [-0.4, -0.2) is 74.5 Å². The molecule has 1 fully saturated rings. The van der Waals surface area contributed by atoms with Crippen LogP contribution in [0, 0.1) is 6.92 Å². The fourth-order valence-electron chi connectivity index (χ4n) is 3.37. The number of aromatic nitrogens is 6. The number of rotatable bonds is 5. The Labute approximate surface area is 182 Å². The Morgan fingerprint density at radius 3 is 2.67 bits per heavy atom. The first-order valence-electron chi connectivity index (χ1n) is 9.31. The number of tetrazole rings is 1. The Bertz CT molecular complexity index is 1040. The van der Waals surface area contributed by atoms with Crippen molar-refractivity contribution >= 4 is 34.8 Å². The number of nitrogens with one attached hydrogen (secondary N) is 1. The molecule has 0 saturated carbocycles. The molecule has 0 bridgehead atoms. The third-order valence-corrected chi connectivity index (χ3v) is 5.87.